The molecule has 0 unspecified atom stereocenters. The molecule has 1 N–H and O–H groups in total. The van der Waals surface area contributed by atoms with Crippen molar-refractivity contribution in [3.8, 4) is 5.75 Å². The van der Waals surface area contributed by atoms with E-state index in [1.54, 1.807) is 18.2 Å². The van der Waals surface area contributed by atoms with Crippen LogP contribution < -0.4 is 4.18 Å². The summed E-state index contributed by atoms with van der Waals surface area (Å²) in [6.07, 6.45) is 1.26. The molecule has 0 atom stereocenters. The van der Waals surface area contributed by atoms with E-state index in [9.17, 15) is 13.2 Å². The Balaban J connectivity index is 1.54. The standard InChI is InChI=1S/C24H14Cl2N4O4S2/c25-16-11-15(20(19(26)13-16)34-36(32,33)17-9-5-2-6-10-17)12-18-21(27)30-24(28-22(18)31)35-23(29-30)14-7-3-1-4-8-14/h1-13,27H/b18-12-,27-21?. The number of fused-ring (bicyclic) bond motifs is 1. The van der Waals surface area contributed by atoms with Crippen LogP contribution in [-0.4, -0.2) is 35.4 Å². The molecule has 0 bridgehead atoms. The second-order valence-corrected chi connectivity index (χ2v) is 10.8. The minimum absolute atomic E-state index is 0.0813. The first kappa shape index (κ1) is 24.3. The average Bonchev–Trinajstić information content (AvgIpc) is 3.29. The zero-order chi connectivity index (χ0) is 25.4. The summed E-state index contributed by atoms with van der Waals surface area (Å²) in [5.41, 5.74) is 0.754. The highest BCUT2D eigenvalue weighted by atomic mass is 35.5. The summed E-state index contributed by atoms with van der Waals surface area (Å²) in [5, 5.41) is 15.2. The Bertz CT molecular complexity index is 1610. The maximum absolute atomic E-state index is 12.9. The lowest BCUT2D eigenvalue weighted by Crippen LogP contribution is -2.35. The van der Waals surface area contributed by atoms with Gasteiger partial charge in [0.1, 0.15) is 9.94 Å². The summed E-state index contributed by atoms with van der Waals surface area (Å²) in [5.74, 6) is -1.18. The van der Waals surface area contributed by atoms with Crippen LogP contribution in [-0.2, 0) is 14.9 Å². The highest BCUT2D eigenvalue weighted by Crippen LogP contribution is 2.37. The number of hydrogen-bond acceptors (Lipinski definition) is 7. The monoisotopic (exact) mass is 556 g/mol. The fraction of sp³-hybridized carbons (Fsp3) is 0. The van der Waals surface area contributed by atoms with Gasteiger partial charge in [-0.05, 0) is 42.1 Å². The van der Waals surface area contributed by atoms with Gasteiger partial charge in [-0.3, -0.25) is 10.2 Å². The van der Waals surface area contributed by atoms with Crippen molar-refractivity contribution >= 4 is 73.1 Å². The van der Waals surface area contributed by atoms with Gasteiger partial charge in [-0.25, -0.2) is 0 Å². The fourth-order valence-electron chi connectivity index (χ4n) is 3.37. The summed E-state index contributed by atoms with van der Waals surface area (Å²) in [7, 11) is -4.25. The molecule has 8 nitrogen and oxygen atoms in total. The molecule has 0 saturated heterocycles. The van der Waals surface area contributed by atoms with Crippen molar-refractivity contribution in [2.24, 2.45) is 10.1 Å². The number of rotatable bonds is 5. The van der Waals surface area contributed by atoms with Gasteiger partial charge in [0.25, 0.3) is 5.91 Å². The lowest BCUT2D eigenvalue weighted by Gasteiger charge is -2.20. The third-order valence-electron chi connectivity index (χ3n) is 5.04. The molecule has 2 heterocycles. The Hall–Kier alpha value is -3.44. The van der Waals surface area contributed by atoms with Crippen LogP contribution in [0.25, 0.3) is 6.08 Å². The maximum Gasteiger partial charge on any atom is 0.339 e. The van der Waals surface area contributed by atoms with E-state index in [4.69, 9.17) is 32.8 Å². The molecular weight excluding hydrogens is 543 g/mol. The number of aliphatic imine (C=N–C) groups is 1. The number of amides is 1. The smallest absolute Gasteiger partial charge is 0.339 e. The van der Waals surface area contributed by atoms with E-state index in [0.29, 0.717) is 5.04 Å². The third kappa shape index (κ3) is 4.68. The topological polar surface area (TPSA) is 112 Å². The van der Waals surface area contributed by atoms with Gasteiger partial charge in [0, 0.05) is 16.1 Å². The highest BCUT2D eigenvalue weighted by molar-refractivity contribution is 8.27. The summed E-state index contributed by atoms with van der Waals surface area (Å²) in [6, 6.07) is 19.5. The molecule has 3 aromatic rings. The number of amidine groups is 2. The lowest BCUT2D eigenvalue weighted by molar-refractivity contribution is -0.114. The van der Waals surface area contributed by atoms with Crippen molar-refractivity contribution in [3.63, 3.8) is 0 Å². The number of nitrogens with zero attached hydrogens (tertiary/aromatic N) is 3. The Morgan fingerprint density at radius 2 is 1.67 bits per heavy atom. The predicted molar refractivity (Wildman–Crippen MR) is 141 cm³/mol. The van der Waals surface area contributed by atoms with Crippen LogP contribution >= 0.6 is 35.0 Å². The first-order chi connectivity index (χ1) is 17.2. The number of carbonyl (C=O) groups excluding carboxylic acids is 1. The SMILES string of the molecule is N=C1/C(=C/c2cc(Cl)cc(Cl)c2OS(=O)(=O)c2ccccc2)C(=O)N=C2SC(c3ccccc3)=NN12. The van der Waals surface area contributed by atoms with Gasteiger partial charge in [0.2, 0.25) is 5.17 Å². The lowest BCUT2D eigenvalue weighted by atomic mass is 10.1. The van der Waals surface area contributed by atoms with E-state index in [1.165, 1.54) is 47.1 Å². The Labute approximate surface area is 220 Å². The van der Waals surface area contributed by atoms with E-state index >= 15 is 0 Å². The van der Waals surface area contributed by atoms with Crippen molar-refractivity contribution in [1.29, 1.82) is 5.41 Å². The van der Waals surface area contributed by atoms with Gasteiger partial charge in [0.15, 0.2) is 11.6 Å². The van der Waals surface area contributed by atoms with Gasteiger partial charge in [-0.1, -0.05) is 71.7 Å². The number of hydrazone groups is 1. The Kier molecular flexibility index (Phi) is 6.44. The number of carbonyl (C=O) groups is 1. The minimum atomic E-state index is -4.25. The second-order valence-electron chi connectivity index (χ2n) is 7.45. The van der Waals surface area contributed by atoms with Crippen LogP contribution in [0.2, 0.25) is 10.0 Å². The predicted octanol–water partition coefficient (Wildman–Crippen LogP) is 5.43. The van der Waals surface area contributed by atoms with Gasteiger partial charge >= 0.3 is 10.1 Å². The summed E-state index contributed by atoms with van der Waals surface area (Å²) < 4.78 is 31.0. The molecule has 0 radical (unpaired) electrons. The second kappa shape index (κ2) is 9.55. The number of halogens is 2. The molecule has 36 heavy (non-hydrogen) atoms. The minimum Gasteiger partial charge on any atom is -0.377 e. The Morgan fingerprint density at radius 1 is 1.00 bits per heavy atom. The zero-order valence-corrected chi connectivity index (χ0v) is 21.2. The largest absolute Gasteiger partial charge is 0.377 e. The maximum atomic E-state index is 12.9. The Morgan fingerprint density at radius 3 is 2.36 bits per heavy atom. The quantitative estimate of drug-likeness (QED) is 0.331. The molecule has 0 fully saturated rings. The van der Waals surface area contributed by atoms with Crippen LogP contribution in [0, 0.1) is 5.41 Å². The molecule has 12 heteroatoms. The first-order valence-corrected chi connectivity index (χ1v) is 13.3. The molecule has 0 aromatic heterocycles. The molecule has 0 spiro atoms. The average molecular weight is 557 g/mol. The number of benzene rings is 3. The van der Waals surface area contributed by atoms with E-state index in [2.05, 4.69) is 10.1 Å². The molecule has 0 aliphatic carbocycles. The molecule has 0 saturated carbocycles. The van der Waals surface area contributed by atoms with E-state index in [-0.39, 0.29) is 42.8 Å². The summed E-state index contributed by atoms with van der Waals surface area (Å²) in [4.78, 5) is 16.9. The van der Waals surface area contributed by atoms with Crippen LogP contribution in [0.5, 0.6) is 5.75 Å². The number of thioether (sulfide) groups is 1. The van der Waals surface area contributed by atoms with E-state index < -0.39 is 16.0 Å². The molecule has 1 amide bonds. The third-order valence-corrected chi connectivity index (χ3v) is 7.73. The molecular formula is C24H14Cl2N4O4S2. The van der Waals surface area contributed by atoms with Gasteiger partial charge in [-0.15, -0.1) is 0 Å². The molecule has 5 rings (SSSR count). The van der Waals surface area contributed by atoms with Crippen LogP contribution in [0.1, 0.15) is 11.1 Å². The van der Waals surface area contributed by atoms with Crippen LogP contribution in [0.15, 0.2) is 93.4 Å². The number of nitrogens with one attached hydrogen (secondary N) is 1. The van der Waals surface area contributed by atoms with Crippen molar-refractivity contribution in [2.45, 2.75) is 4.90 Å². The summed E-state index contributed by atoms with van der Waals surface area (Å²) >= 11 is 13.6. The van der Waals surface area contributed by atoms with Crippen molar-refractivity contribution in [3.05, 3.63) is 99.5 Å². The van der Waals surface area contributed by atoms with E-state index in [1.807, 2.05) is 30.3 Å². The highest BCUT2D eigenvalue weighted by Gasteiger charge is 2.36. The molecule has 180 valence electrons. The van der Waals surface area contributed by atoms with Gasteiger partial charge in [-0.2, -0.15) is 23.5 Å². The normalized spacial score (nSPS) is 16.6. The fourth-order valence-corrected chi connectivity index (χ4v) is 5.85. The molecule has 2 aliphatic heterocycles. The molecule has 3 aromatic carbocycles. The van der Waals surface area contributed by atoms with Gasteiger partial charge in [0.05, 0.1) is 10.6 Å². The first-order valence-electron chi connectivity index (χ1n) is 10.3. The number of hydrogen-bond donors (Lipinski definition) is 1. The van der Waals surface area contributed by atoms with Crippen LogP contribution in [0.3, 0.4) is 0 Å². The van der Waals surface area contributed by atoms with Crippen LogP contribution in [0.4, 0.5) is 0 Å². The van der Waals surface area contributed by atoms with Crippen molar-refractivity contribution in [2.75, 3.05) is 0 Å². The van der Waals surface area contributed by atoms with Crippen molar-refractivity contribution in [1.82, 2.24) is 5.01 Å². The molecule has 2 aliphatic rings. The zero-order valence-electron chi connectivity index (χ0n) is 18.1. The van der Waals surface area contributed by atoms with E-state index in [0.717, 1.165) is 5.56 Å². The van der Waals surface area contributed by atoms with Gasteiger partial charge < -0.3 is 4.18 Å². The summed E-state index contributed by atoms with van der Waals surface area (Å²) in [6.45, 7) is 0. The van der Waals surface area contributed by atoms with Crippen molar-refractivity contribution < 1.29 is 17.4 Å².